The maximum atomic E-state index is 12.5. The van der Waals surface area contributed by atoms with Gasteiger partial charge in [0.05, 0.1) is 5.60 Å². The van der Waals surface area contributed by atoms with Crippen LogP contribution in [-0.4, -0.2) is 41.1 Å². The Morgan fingerprint density at radius 3 is 2.95 bits per heavy atom. The Morgan fingerprint density at radius 2 is 2.20 bits per heavy atom. The third-order valence-electron chi connectivity index (χ3n) is 3.96. The van der Waals surface area contributed by atoms with Gasteiger partial charge in [-0.3, -0.25) is 4.79 Å². The van der Waals surface area contributed by atoms with Gasteiger partial charge < -0.3 is 15.7 Å². The van der Waals surface area contributed by atoms with E-state index < -0.39 is 5.60 Å². The van der Waals surface area contributed by atoms with Gasteiger partial charge in [0.1, 0.15) is 0 Å². The number of likely N-dealkylation sites (tertiary alicyclic amines) is 1. The van der Waals surface area contributed by atoms with Crippen molar-refractivity contribution in [2.75, 3.05) is 19.6 Å². The quantitative estimate of drug-likeness (QED) is 0.880. The normalized spacial score (nSPS) is 23.4. The van der Waals surface area contributed by atoms with Crippen LogP contribution in [0.1, 0.15) is 42.1 Å². The summed E-state index contributed by atoms with van der Waals surface area (Å²) < 4.78 is 0. The summed E-state index contributed by atoms with van der Waals surface area (Å²) in [5.74, 6) is 0.0570. The van der Waals surface area contributed by atoms with E-state index in [1.165, 1.54) is 0 Å². The SMILES string of the molecule is CC1(O)CCCN(C(=O)c2cccc(CCN)c2)CC1. The highest BCUT2D eigenvalue weighted by Crippen LogP contribution is 2.22. The fraction of sp³-hybridized carbons (Fsp3) is 0.562. The van der Waals surface area contributed by atoms with Crippen molar-refractivity contribution in [2.45, 2.75) is 38.2 Å². The molecule has 0 radical (unpaired) electrons. The minimum absolute atomic E-state index is 0.0570. The molecule has 1 unspecified atom stereocenters. The van der Waals surface area contributed by atoms with E-state index in [0.717, 1.165) is 36.9 Å². The number of rotatable bonds is 3. The minimum Gasteiger partial charge on any atom is -0.390 e. The van der Waals surface area contributed by atoms with Gasteiger partial charge in [0, 0.05) is 18.7 Å². The van der Waals surface area contributed by atoms with E-state index in [1.807, 2.05) is 36.1 Å². The van der Waals surface area contributed by atoms with E-state index >= 15 is 0 Å². The van der Waals surface area contributed by atoms with E-state index in [0.29, 0.717) is 19.5 Å². The van der Waals surface area contributed by atoms with E-state index in [-0.39, 0.29) is 5.91 Å². The van der Waals surface area contributed by atoms with Crippen LogP contribution in [0, 0.1) is 0 Å². The molecule has 0 spiro atoms. The van der Waals surface area contributed by atoms with Crippen LogP contribution in [0.5, 0.6) is 0 Å². The molecule has 1 atom stereocenters. The highest BCUT2D eigenvalue weighted by Gasteiger charge is 2.27. The Balaban J connectivity index is 2.08. The van der Waals surface area contributed by atoms with Gasteiger partial charge in [0.15, 0.2) is 0 Å². The molecule has 1 amide bonds. The van der Waals surface area contributed by atoms with Gasteiger partial charge >= 0.3 is 0 Å². The average Bonchev–Trinajstić information content (AvgIpc) is 2.60. The Kier molecular flexibility index (Phi) is 4.78. The first-order valence-corrected chi connectivity index (χ1v) is 7.32. The molecule has 1 saturated heterocycles. The second-order valence-corrected chi connectivity index (χ2v) is 5.88. The molecule has 1 heterocycles. The summed E-state index contributed by atoms with van der Waals surface area (Å²) >= 11 is 0. The molecule has 4 nitrogen and oxygen atoms in total. The van der Waals surface area contributed by atoms with Crippen LogP contribution >= 0.6 is 0 Å². The number of aliphatic hydroxyl groups is 1. The second kappa shape index (κ2) is 6.37. The van der Waals surface area contributed by atoms with Crippen LogP contribution in [0.3, 0.4) is 0 Å². The van der Waals surface area contributed by atoms with E-state index in [1.54, 1.807) is 0 Å². The largest absolute Gasteiger partial charge is 0.390 e. The van der Waals surface area contributed by atoms with Gasteiger partial charge in [-0.05, 0) is 56.8 Å². The molecule has 0 bridgehead atoms. The average molecular weight is 276 g/mol. The molecular formula is C16H24N2O2. The molecule has 0 saturated carbocycles. The van der Waals surface area contributed by atoms with Crippen molar-refractivity contribution in [2.24, 2.45) is 5.73 Å². The first-order chi connectivity index (χ1) is 9.52. The Hall–Kier alpha value is -1.39. The molecule has 1 aliphatic rings. The van der Waals surface area contributed by atoms with Crippen LogP contribution in [0.15, 0.2) is 24.3 Å². The Labute approximate surface area is 120 Å². The predicted octanol–water partition coefficient (Wildman–Crippen LogP) is 1.56. The Morgan fingerprint density at radius 1 is 1.40 bits per heavy atom. The molecule has 1 aliphatic heterocycles. The van der Waals surface area contributed by atoms with Crippen molar-refractivity contribution < 1.29 is 9.90 Å². The number of hydrogen-bond acceptors (Lipinski definition) is 3. The van der Waals surface area contributed by atoms with Crippen molar-refractivity contribution in [3.8, 4) is 0 Å². The number of benzene rings is 1. The van der Waals surface area contributed by atoms with Crippen LogP contribution < -0.4 is 5.73 Å². The zero-order valence-corrected chi connectivity index (χ0v) is 12.1. The first kappa shape index (κ1) is 15.0. The van der Waals surface area contributed by atoms with E-state index in [9.17, 15) is 9.90 Å². The maximum Gasteiger partial charge on any atom is 0.253 e. The molecule has 4 heteroatoms. The molecule has 1 fully saturated rings. The smallest absolute Gasteiger partial charge is 0.253 e. The predicted molar refractivity (Wildman–Crippen MR) is 79.6 cm³/mol. The molecule has 2 rings (SSSR count). The summed E-state index contributed by atoms with van der Waals surface area (Å²) in [7, 11) is 0. The van der Waals surface area contributed by atoms with Crippen molar-refractivity contribution in [3.63, 3.8) is 0 Å². The van der Waals surface area contributed by atoms with E-state index in [4.69, 9.17) is 5.73 Å². The van der Waals surface area contributed by atoms with Gasteiger partial charge in [-0.1, -0.05) is 12.1 Å². The molecule has 0 aromatic heterocycles. The number of hydrogen-bond donors (Lipinski definition) is 2. The highest BCUT2D eigenvalue weighted by molar-refractivity contribution is 5.94. The molecule has 1 aromatic rings. The molecule has 3 N–H and O–H groups in total. The third kappa shape index (κ3) is 3.81. The number of carbonyl (C=O) groups is 1. The van der Waals surface area contributed by atoms with Gasteiger partial charge in [-0.25, -0.2) is 0 Å². The van der Waals surface area contributed by atoms with Crippen molar-refractivity contribution in [1.29, 1.82) is 0 Å². The first-order valence-electron chi connectivity index (χ1n) is 7.32. The molecular weight excluding hydrogens is 252 g/mol. The summed E-state index contributed by atoms with van der Waals surface area (Å²) in [6.07, 6.45) is 3.03. The van der Waals surface area contributed by atoms with Gasteiger partial charge in [-0.2, -0.15) is 0 Å². The molecule has 110 valence electrons. The molecule has 20 heavy (non-hydrogen) atoms. The molecule has 0 aliphatic carbocycles. The summed E-state index contributed by atoms with van der Waals surface area (Å²) in [6.45, 7) is 3.77. The van der Waals surface area contributed by atoms with Crippen LogP contribution in [0.25, 0.3) is 0 Å². The summed E-state index contributed by atoms with van der Waals surface area (Å²) in [5, 5.41) is 10.1. The standard InChI is InChI=1S/C16H24N2O2/c1-16(20)7-3-10-18(11-8-16)15(19)14-5-2-4-13(12-14)6-9-17/h2,4-5,12,20H,3,6-11,17H2,1H3. The Bertz CT molecular complexity index is 471. The van der Waals surface area contributed by atoms with Crippen molar-refractivity contribution >= 4 is 5.91 Å². The zero-order valence-electron chi connectivity index (χ0n) is 12.1. The topological polar surface area (TPSA) is 66.6 Å². The lowest BCUT2D eigenvalue weighted by molar-refractivity contribution is 0.0438. The number of carbonyl (C=O) groups excluding carboxylic acids is 1. The monoisotopic (exact) mass is 276 g/mol. The molecule has 1 aromatic carbocycles. The summed E-state index contributed by atoms with van der Waals surface area (Å²) in [5.41, 5.74) is 6.73. The maximum absolute atomic E-state index is 12.5. The van der Waals surface area contributed by atoms with Crippen LogP contribution in [-0.2, 0) is 6.42 Å². The summed E-state index contributed by atoms with van der Waals surface area (Å²) in [4.78, 5) is 14.4. The fourth-order valence-electron chi connectivity index (χ4n) is 2.68. The zero-order chi connectivity index (χ0) is 14.6. The second-order valence-electron chi connectivity index (χ2n) is 5.88. The third-order valence-corrected chi connectivity index (χ3v) is 3.96. The van der Waals surface area contributed by atoms with Crippen molar-refractivity contribution in [1.82, 2.24) is 4.90 Å². The lowest BCUT2D eigenvalue weighted by Gasteiger charge is -2.22. The van der Waals surface area contributed by atoms with Crippen LogP contribution in [0.2, 0.25) is 0 Å². The van der Waals surface area contributed by atoms with Gasteiger partial charge in [0.2, 0.25) is 0 Å². The lowest BCUT2D eigenvalue weighted by Crippen LogP contribution is -2.33. The lowest BCUT2D eigenvalue weighted by atomic mass is 9.98. The van der Waals surface area contributed by atoms with Gasteiger partial charge in [-0.15, -0.1) is 0 Å². The summed E-state index contributed by atoms with van der Waals surface area (Å²) in [6, 6.07) is 7.69. The number of nitrogens with zero attached hydrogens (tertiary/aromatic N) is 1. The number of nitrogens with two attached hydrogens (primary N) is 1. The van der Waals surface area contributed by atoms with Crippen LogP contribution in [0.4, 0.5) is 0 Å². The fourth-order valence-corrected chi connectivity index (χ4v) is 2.68. The number of amides is 1. The van der Waals surface area contributed by atoms with Gasteiger partial charge in [0.25, 0.3) is 5.91 Å². The van der Waals surface area contributed by atoms with Crippen molar-refractivity contribution in [3.05, 3.63) is 35.4 Å². The minimum atomic E-state index is -0.642. The van der Waals surface area contributed by atoms with E-state index in [2.05, 4.69) is 0 Å². The highest BCUT2D eigenvalue weighted by atomic mass is 16.3.